The third kappa shape index (κ3) is 3.80. The Hall–Kier alpha value is -2.05. The first-order chi connectivity index (χ1) is 12.2. The molecule has 1 aliphatic rings. The minimum Gasteiger partial charge on any atom is -0.491 e. The van der Waals surface area contributed by atoms with Crippen LogP contribution < -0.4 is 4.74 Å². The molecule has 3 aromatic rings. The van der Waals surface area contributed by atoms with Gasteiger partial charge in [0.05, 0.1) is 6.10 Å². The number of hydrogen-bond donors (Lipinski definition) is 1. The average Bonchev–Trinajstić information content (AvgIpc) is 3.41. The molecular formula is C19H21N3O2S. The monoisotopic (exact) mass is 355 g/mol. The van der Waals surface area contributed by atoms with Crippen LogP contribution in [0, 0.1) is 0 Å². The fourth-order valence-electron chi connectivity index (χ4n) is 2.82. The molecule has 1 fully saturated rings. The minimum absolute atomic E-state index is 0.263. The van der Waals surface area contributed by atoms with Crippen LogP contribution in [0.25, 0.3) is 10.8 Å². The van der Waals surface area contributed by atoms with Crippen molar-refractivity contribution in [2.45, 2.75) is 30.0 Å². The fraction of sp³-hybridized carbons (Fsp3) is 0.368. The van der Waals surface area contributed by atoms with Crippen molar-refractivity contribution < 1.29 is 9.84 Å². The number of aliphatic hydroxyl groups excluding tert-OH is 1. The van der Waals surface area contributed by atoms with Crippen LogP contribution in [-0.2, 0) is 7.05 Å². The van der Waals surface area contributed by atoms with E-state index in [1.165, 1.54) is 30.0 Å². The molecule has 0 aliphatic heterocycles. The van der Waals surface area contributed by atoms with E-state index in [-0.39, 0.29) is 6.61 Å². The maximum atomic E-state index is 10.2. The molecule has 1 aliphatic carbocycles. The number of fused-ring (bicyclic) bond motifs is 1. The smallest absolute Gasteiger partial charge is 0.191 e. The lowest BCUT2D eigenvalue weighted by atomic mass is 10.1. The van der Waals surface area contributed by atoms with Gasteiger partial charge in [0.25, 0.3) is 0 Å². The molecule has 130 valence electrons. The van der Waals surface area contributed by atoms with E-state index in [0.29, 0.717) is 11.7 Å². The SMILES string of the molecule is Cn1c(SC[C@H](O)COc2ccc3ccccc3c2)nnc1C1CC1. The third-order valence-electron chi connectivity index (χ3n) is 4.38. The molecule has 0 spiro atoms. The highest BCUT2D eigenvalue weighted by atomic mass is 32.2. The fourth-order valence-corrected chi connectivity index (χ4v) is 3.64. The van der Waals surface area contributed by atoms with Gasteiger partial charge in [-0.1, -0.05) is 42.1 Å². The number of thioether (sulfide) groups is 1. The first kappa shape index (κ1) is 16.4. The van der Waals surface area contributed by atoms with Crippen molar-refractivity contribution in [3.63, 3.8) is 0 Å². The van der Waals surface area contributed by atoms with Gasteiger partial charge in [-0.2, -0.15) is 0 Å². The minimum atomic E-state index is -0.558. The Morgan fingerprint density at radius 3 is 2.80 bits per heavy atom. The molecule has 0 unspecified atom stereocenters. The summed E-state index contributed by atoms with van der Waals surface area (Å²) in [6, 6.07) is 14.1. The normalized spacial score (nSPS) is 15.4. The molecule has 0 saturated heterocycles. The van der Waals surface area contributed by atoms with E-state index in [9.17, 15) is 5.11 Å². The molecule has 1 aromatic heterocycles. The molecule has 0 amide bonds. The van der Waals surface area contributed by atoms with Crippen molar-refractivity contribution in [2.24, 2.45) is 7.05 Å². The first-order valence-corrected chi connectivity index (χ1v) is 9.51. The van der Waals surface area contributed by atoms with Crippen LogP contribution in [0.3, 0.4) is 0 Å². The van der Waals surface area contributed by atoms with Crippen molar-refractivity contribution in [1.29, 1.82) is 0 Å². The van der Waals surface area contributed by atoms with Crippen LogP contribution in [0.4, 0.5) is 0 Å². The van der Waals surface area contributed by atoms with Crippen LogP contribution in [0.5, 0.6) is 5.75 Å². The number of nitrogens with zero attached hydrogens (tertiary/aromatic N) is 3. The van der Waals surface area contributed by atoms with Gasteiger partial charge in [-0.25, -0.2) is 0 Å². The number of aliphatic hydroxyl groups is 1. The van der Waals surface area contributed by atoms with Crippen molar-refractivity contribution in [3.05, 3.63) is 48.3 Å². The van der Waals surface area contributed by atoms with Gasteiger partial charge in [0.15, 0.2) is 5.16 Å². The zero-order chi connectivity index (χ0) is 17.2. The molecule has 0 bridgehead atoms. The van der Waals surface area contributed by atoms with Gasteiger partial charge in [0.2, 0.25) is 0 Å². The molecule has 1 heterocycles. The van der Waals surface area contributed by atoms with Crippen molar-refractivity contribution in [1.82, 2.24) is 14.8 Å². The predicted octanol–water partition coefficient (Wildman–Crippen LogP) is 3.38. The Morgan fingerprint density at radius 1 is 1.20 bits per heavy atom. The third-order valence-corrected chi connectivity index (χ3v) is 5.54. The van der Waals surface area contributed by atoms with E-state index in [4.69, 9.17) is 4.74 Å². The van der Waals surface area contributed by atoms with Crippen molar-refractivity contribution in [3.8, 4) is 5.75 Å². The highest BCUT2D eigenvalue weighted by Gasteiger charge is 2.29. The second-order valence-corrected chi connectivity index (χ2v) is 7.45. The molecule has 1 saturated carbocycles. The number of aromatic nitrogens is 3. The summed E-state index contributed by atoms with van der Waals surface area (Å²) >= 11 is 1.52. The molecular weight excluding hydrogens is 334 g/mol. The van der Waals surface area contributed by atoms with Gasteiger partial charge in [0.1, 0.15) is 18.2 Å². The summed E-state index contributed by atoms with van der Waals surface area (Å²) in [7, 11) is 1.99. The van der Waals surface area contributed by atoms with E-state index >= 15 is 0 Å². The van der Waals surface area contributed by atoms with Crippen LogP contribution >= 0.6 is 11.8 Å². The summed E-state index contributed by atoms with van der Waals surface area (Å²) in [4.78, 5) is 0. The zero-order valence-electron chi connectivity index (χ0n) is 14.1. The summed E-state index contributed by atoms with van der Waals surface area (Å²) in [5.74, 6) is 2.94. The van der Waals surface area contributed by atoms with Gasteiger partial charge >= 0.3 is 0 Å². The van der Waals surface area contributed by atoms with Gasteiger partial charge in [0, 0.05) is 18.7 Å². The lowest BCUT2D eigenvalue weighted by Crippen LogP contribution is -2.20. The largest absolute Gasteiger partial charge is 0.491 e. The zero-order valence-corrected chi connectivity index (χ0v) is 14.9. The molecule has 5 nitrogen and oxygen atoms in total. The van der Waals surface area contributed by atoms with Crippen LogP contribution in [0.2, 0.25) is 0 Å². The van der Waals surface area contributed by atoms with Crippen LogP contribution in [-0.4, -0.2) is 38.3 Å². The van der Waals surface area contributed by atoms with E-state index in [1.807, 2.05) is 41.9 Å². The molecule has 4 rings (SSSR count). The van der Waals surface area contributed by atoms with E-state index in [0.717, 1.165) is 22.1 Å². The number of rotatable bonds is 7. The molecule has 6 heteroatoms. The lowest BCUT2D eigenvalue weighted by Gasteiger charge is -2.12. The molecule has 0 radical (unpaired) electrons. The summed E-state index contributed by atoms with van der Waals surface area (Å²) < 4.78 is 7.78. The second kappa shape index (κ2) is 7.06. The number of benzene rings is 2. The Kier molecular flexibility index (Phi) is 4.63. The predicted molar refractivity (Wildman–Crippen MR) is 99.2 cm³/mol. The summed E-state index contributed by atoms with van der Waals surface area (Å²) in [6.45, 7) is 0.263. The Labute approximate surface area is 151 Å². The number of ether oxygens (including phenoxy) is 1. The molecule has 25 heavy (non-hydrogen) atoms. The highest BCUT2D eigenvalue weighted by Crippen LogP contribution is 2.39. The Balaban J connectivity index is 1.30. The van der Waals surface area contributed by atoms with Gasteiger partial charge in [-0.3, -0.25) is 0 Å². The van der Waals surface area contributed by atoms with E-state index in [1.54, 1.807) is 0 Å². The highest BCUT2D eigenvalue weighted by molar-refractivity contribution is 7.99. The summed E-state index contributed by atoms with van der Waals surface area (Å²) in [5, 5.41) is 21.9. The maximum Gasteiger partial charge on any atom is 0.191 e. The van der Waals surface area contributed by atoms with Crippen LogP contribution in [0.15, 0.2) is 47.6 Å². The average molecular weight is 355 g/mol. The Morgan fingerprint density at radius 2 is 2.00 bits per heavy atom. The quantitative estimate of drug-likeness (QED) is 0.659. The van der Waals surface area contributed by atoms with Gasteiger partial charge < -0.3 is 14.4 Å². The maximum absolute atomic E-state index is 10.2. The Bertz CT molecular complexity index is 876. The van der Waals surface area contributed by atoms with Crippen molar-refractivity contribution in [2.75, 3.05) is 12.4 Å². The standard InChI is InChI=1S/C19H21N3O2S/c1-22-18(14-6-7-14)20-21-19(22)25-12-16(23)11-24-17-9-8-13-4-2-3-5-15(13)10-17/h2-5,8-10,14,16,23H,6-7,11-12H2,1H3/t16-/m1/s1. The van der Waals surface area contributed by atoms with Crippen molar-refractivity contribution >= 4 is 22.5 Å². The van der Waals surface area contributed by atoms with E-state index < -0.39 is 6.10 Å². The molecule has 1 atom stereocenters. The summed E-state index contributed by atoms with van der Waals surface area (Å²) in [6.07, 6.45) is 1.86. The van der Waals surface area contributed by atoms with Gasteiger partial charge in [-0.05, 0) is 35.7 Å². The van der Waals surface area contributed by atoms with Gasteiger partial charge in [-0.15, -0.1) is 10.2 Å². The van der Waals surface area contributed by atoms with E-state index in [2.05, 4.69) is 22.3 Å². The topological polar surface area (TPSA) is 60.2 Å². The van der Waals surface area contributed by atoms with Crippen LogP contribution in [0.1, 0.15) is 24.6 Å². The molecule has 2 aromatic carbocycles. The summed E-state index contributed by atoms with van der Waals surface area (Å²) in [5.41, 5.74) is 0. The number of hydrogen-bond acceptors (Lipinski definition) is 5. The first-order valence-electron chi connectivity index (χ1n) is 8.52. The lowest BCUT2D eigenvalue weighted by molar-refractivity contribution is 0.126. The molecule has 1 N–H and O–H groups in total. The second-order valence-electron chi connectivity index (χ2n) is 6.46.